The van der Waals surface area contributed by atoms with E-state index in [1.165, 1.54) is 4.90 Å². The minimum Gasteiger partial charge on any atom is -0.391 e. The number of carbonyl (C=O) groups excluding carboxylic acids is 1. The van der Waals surface area contributed by atoms with Crippen LogP contribution >= 0.6 is 0 Å². The zero-order valence-electron chi connectivity index (χ0n) is 5.95. The summed E-state index contributed by atoms with van der Waals surface area (Å²) in [7, 11) is 0. The summed E-state index contributed by atoms with van der Waals surface area (Å²) in [6.45, 7) is 2.26. The van der Waals surface area contributed by atoms with Gasteiger partial charge in [-0.2, -0.15) is 0 Å². The Morgan fingerprint density at radius 2 is 2.40 bits per heavy atom. The van der Waals surface area contributed by atoms with E-state index in [0.717, 1.165) is 0 Å². The number of hydrogen-bond donors (Lipinski definition) is 2. The molecule has 4 heteroatoms. The Kier molecular flexibility index (Phi) is 1.80. The van der Waals surface area contributed by atoms with Gasteiger partial charge in [0, 0.05) is 12.6 Å². The van der Waals surface area contributed by atoms with Crippen LogP contribution in [0.5, 0.6) is 0 Å². The number of amides is 2. The second kappa shape index (κ2) is 2.46. The van der Waals surface area contributed by atoms with Gasteiger partial charge in [-0.3, -0.25) is 0 Å². The molecule has 1 aliphatic heterocycles. The van der Waals surface area contributed by atoms with Gasteiger partial charge in [0.05, 0.1) is 6.10 Å². The molecule has 0 bridgehead atoms. The number of nitrogens with two attached hydrogens (primary N) is 1. The molecule has 0 aromatic carbocycles. The predicted molar refractivity (Wildman–Crippen MR) is 36.4 cm³/mol. The number of likely N-dealkylation sites (tertiary alicyclic amines) is 1. The largest absolute Gasteiger partial charge is 0.391 e. The summed E-state index contributed by atoms with van der Waals surface area (Å²) in [6.07, 6.45) is 0.255. The van der Waals surface area contributed by atoms with Gasteiger partial charge in [-0.1, -0.05) is 0 Å². The van der Waals surface area contributed by atoms with Crippen molar-refractivity contribution in [2.75, 3.05) is 6.54 Å². The van der Waals surface area contributed by atoms with Crippen molar-refractivity contribution in [3.05, 3.63) is 0 Å². The van der Waals surface area contributed by atoms with E-state index in [9.17, 15) is 4.79 Å². The fourth-order valence-corrected chi connectivity index (χ4v) is 1.31. The second-order valence-electron chi connectivity index (χ2n) is 2.73. The van der Waals surface area contributed by atoms with Crippen molar-refractivity contribution in [3.8, 4) is 0 Å². The Balaban J connectivity index is 2.54. The van der Waals surface area contributed by atoms with Crippen molar-refractivity contribution in [2.45, 2.75) is 25.5 Å². The quantitative estimate of drug-likeness (QED) is 0.482. The summed E-state index contributed by atoms with van der Waals surface area (Å²) >= 11 is 0. The molecule has 2 amide bonds. The first-order valence-corrected chi connectivity index (χ1v) is 3.35. The maximum absolute atomic E-state index is 10.6. The van der Waals surface area contributed by atoms with E-state index in [1.807, 2.05) is 6.92 Å². The molecular formula is C6H12N2O2. The number of hydrogen-bond acceptors (Lipinski definition) is 2. The average Bonchev–Trinajstić information content (AvgIpc) is 2.10. The fraction of sp³-hybridized carbons (Fsp3) is 0.833. The van der Waals surface area contributed by atoms with Crippen LogP contribution < -0.4 is 5.73 Å². The van der Waals surface area contributed by atoms with Crippen LogP contribution in [0.3, 0.4) is 0 Å². The van der Waals surface area contributed by atoms with Crippen molar-refractivity contribution in [3.63, 3.8) is 0 Å². The average molecular weight is 144 g/mol. The molecule has 0 spiro atoms. The lowest BCUT2D eigenvalue weighted by Gasteiger charge is -2.17. The fourth-order valence-electron chi connectivity index (χ4n) is 1.31. The number of rotatable bonds is 0. The predicted octanol–water partition coefficient (Wildman–Crippen LogP) is -0.480. The molecular weight excluding hydrogens is 132 g/mol. The topological polar surface area (TPSA) is 66.6 Å². The first-order valence-electron chi connectivity index (χ1n) is 3.35. The molecule has 1 aliphatic rings. The van der Waals surface area contributed by atoms with Gasteiger partial charge in [0.25, 0.3) is 0 Å². The molecule has 3 N–H and O–H groups in total. The van der Waals surface area contributed by atoms with Gasteiger partial charge < -0.3 is 15.7 Å². The van der Waals surface area contributed by atoms with Crippen molar-refractivity contribution in [1.82, 2.24) is 4.90 Å². The van der Waals surface area contributed by atoms with Gasteiger partial charge in [-0.25, -0.2) is 4.79 Å². The van der Waals surface area contributed by atoms with Crippen molar-refractivity contribution >= 4 is 6.03 Å². The summed E-state index contributed by atoms with van der Waals surface area (Å²) in [5, 5.41) is 9.07. The van der Waals surface area contributed by atoms with Gasteiger partial charge >= 0.3 is 6.03 Å². The summed E-state index contributed by atoms with van der Waals surface area (Å²) in [6, 6.07) is -0.350. The first kappa shape index (κ1) is 7.34. The monoisotopic (exact) mass is 144 g/mol. The molecule has 4 nitrogen and oxygen atoms in total. The highest BCUT2D eigenvalue weighted by Gasteiger charge is 2.29. The van der Waals surface area contributed by atoms with E-state index in [2.05, 4.69) is 0 Å². The molecule has 2 atom stereocenters. The maximum atomic E-state index is 10.6. The van der Waals surface area contributed by atoms with Crippen LogP contribution in [-0.4, -0.2) is 34.7 Å². The third-order valence-corrected chi connectivity index (χ3v) is 1.84. The van der Waals surface area contributed by atoms with E-state index in [-0.39, 0.29) is 12.1 Å². The van der Waals surface area contributed by atoms with E-state index in [4.69, 9.17) is 10.8 Å². The Morgan fingerprint density at radius 1 is 1.80 bits per heavy atom. The van der Waals surface area contributed by atoms with Crippen LogP contribution in [0.25, 0.3) is 0 Å². The lowest BCUT2D eigenvalue weighted by molar-refractivity contribution is 0.174. The number of aliphatic hydroxyl groups excluding tert-OH is 1. The lowest BCUT2D eigenvalue weighted by atomic mass is 10.2. The van der Waals surface area contributed by atoms with Crippen LogP contribution in [0.15, 0.2) is 0 Å². The molecule has 58 valence electrons. The maximum Gasteiger partial charge on any atom is 0.315 e. The van der Waals surface area contributed by atoms with E-state index >= 15 is 0 Å². The number of β-amino-alcohol motifs (C(OH)–C–C–N with tert-alkyl or cyclic N) is 1. The molecule has 0 saturated carbocycles. The summed E-state index contributed by atoms with van der Waals surface area (Å²) in [5.74, 6) is 0. The van der Waals surface area contributed by atoms with Crippen molar-refractivity contribution in [2.24, 2.45) is 5.73 Å². The summed E-state index contributed by atoms with van der Waals surface area (Å²) in [4.78, 5) is 12.1. The number of carbonyl (C=O) groups is 1. The molecule has 1 rings (SSSR count). The second-order valence-corrected chi connectivity index (χ2v) is 2.73. The Labute approximate surface area is 59.6 Å². The first-order chi connectivity index (χ1) is 4.61. The minimum absolute atomic E-state index is 0.0903. The van der Waals surface area contributed by atoms with Crippen LogP contribution in [0.2, 0.25) is 0 Å². The molecule has 1 heterocycles. The molecule has 1 fully saturated rings. The molecule has 10 heavy (non-hydrogen) atoms. The third kappa shape index (κ3) is 1.21. The van der Waals surface area contributed by atoms with Crippen LogP contribution in [0.4, 0.5) is 4.79 Å². The Hall–Kier alpha value is -0.770. The van der Waals surface area contributed by atoms with Gasteiger partial charge in [0.2, 0.25) is 0 Å². The van der Waals surface area contributed by atoms with Crippen LogP contribution in [0, 0.1) is 0 Å². The van der Waals surface area contributed by atoms with Crippen molar-refractivity contribution < 1.29 is 9.90 Å². The molecule has 0 aromatic rings. The summed E-state index contributed by atoms with van der Waals surface area (Å²) < 4.78 is 0. The zero-order valence-corrected chi connectivity index (χ0v) is 5.95. The molecule has 0 aromatic heterocycles. The molecule has 1 saturated heterocycles. The van der Waals surface area contributed by atoms with E-state index in [1.54, 1.807) is 0 Å². The SMILES string of the molecule is C[C@@H]1C[C@H](O)CN1C(N)=O. The van der Waals surface area contributed by atoms with E-state index < -0.39 is 6.03 Å². The smallest absolute Gasteiger partial charge is 0.315 e. The highest BCUT2D eigenvalue weighted by Crippen LogP contribution is 2.15. The number of nitrogens with zero attached hydrogens (tertiary/aromatic N) is 1. The molecule has 0 unspecified atom stereocenters. The summed E-state index contributed by atoms with van der Waals surface area (Å²) in [5.41, 5.74) is 5.03. The van der Waals surface area contributed by atoms with Gasteiger partial charge in [0.15, 0.2) is 0 Å². The standard InChI is InChI=1S/C6H12N2O2/c1-4-2-5(9)3-8(4)6(7)10/h4-5,9H,2-3H2,1H3,(H2,7,10)/t4-,5+/m1/s1. The lowest BCUT2D eigenvalue weighted by Crippen LogP contribution is -2.38. The number of aliphatic hydroxyl groups is 1. The molecule has 0 radical (unpaired) electrons. The normalized spacial score (nSPS) is 32.8. The van der Waals surface area contributed by atoms with Gasteiger partial charge in [0.1, 0.15) is 0 Å². The highest BCUT2D eigenvalue weighted by molar-refractivity contribution is 5.72. The van der Waals surface area contributed by atoms with Crippen LogP contribution in [0.1, 0.15) is 13.3 Å². The zero-order chi connectivity index (χ0) is 7.72. The minimum atomic E-state index is -0.441. The number of urea groups is 1. The van der Waals surface area contributed by atoms with Crippen LogP contribution in [-0.2, 0) is 0 Å². The van der Waals surface area contributed by atoms with Gasteiger partial charge in [-0.15, -0.1) is 0 Å². The number of primary amides is 1. The van der Waals surface area contributed by atoms with Crippen molar-refractivity contribution in [1.29, 1.82) is 0 Å². The van der Waals surface area contributed by atoms with Gasteiger partial charge in [-0.05, 0) is 13.3 Å². The van der Waals surface area contributed by atoms with E-state index in [0.29, 0.717) is 13.0 Å². The molecule has 0 aliphatic carbocycles. The third-order valence-electron chi connectivity index (χ3n) is 1.84. The Bertz CT molecular complexity index is 149. The highest BCUT2D eigenvalue weighted by atomic mass is 16.3. The Morgan fingerprint density at radius 3 is 2.60 bits per heavy atom.